The number of hydrogen-bond acceptors (Lipinski definition) is 5. The van der Waals surface area contributed by atoms with Gasteiger partial charge in [0.2, 0.25) is 5.89 Å². The summed E-state index contributed by atoms with van der Waals surface area (Å²) < 4.78 is 32.8. The minimum absolute atomic E-state index is 0.0518. The fourth-order valence-corrected chi connectivity index (χ4v) is 1.59. The van der Waals surface area contributed by atoms with Crippen molar-refractivity contribution >= 4 is 11.7 Å². The zero-order chi connectivity index (χ0) is 15.6. The lowest BCUT2D eigenvalue weighted by Crippen LogP contribution is -2.35. The Kier molecular flexibility index (Phi) is 4.22. The van der Waals surface area contributed by atoms with E-state index >= 15 is 0 Å². The molecule has 2 aromatic rings. The van der Waals surface area contributed by atoms with Gasteiger partial charge in [-0.05, 0) is 39.3 Å². The zero-order valence-corrected chi connectivity index (χ0v) is 12.4. The van der Waals surface area contributed by atoms with Crippen LogP contribution in [0.5, 0.6) is 0 Å². The molecule has 0 saturated heterocycles. The molecule has 0 spiro atoms. The molecule has 0 radical (unpaired) electrons. The minimum Gasteiger partial charge on any atom is -0.406 e. The zero-order valence-electron chi connectivity index (χ0n) is 12.4. The maximum atomic E-state index is 13.9. The van der Waals surface area contributed by atoms with Crippen molar-refractivity contribution in [1.82, 2.24) is 15.5 Å². The summed E-state index contributed by atoms with van der Waals surface area (Å²) in [5.74, 6) is -1.06. The summed E-state index contributed by atoms with van der Waals surface area (Å²) in [5, 5.41) is 13.2. The lowest BCUT2D eigenvalue weighted by atomic mass is 10.1. The van der Waals surface area contributed by atoms with E-state index in [2.05, 4.69) is 20.8 Å². The predicted octanol–water partition coefficient (Wildman–Crippen LogP) is 3.29. The number of aromatic nitrogens is 2. The first kappa shape index (κ1) is 15.4. The average molecular weight is 296 g/mol. The molecule has 0 atom stereocenters. The molecule has 7 heteroatoms. The van der Waals surface area contributed by atoms with Crippen molar-refractivity contribution in [2.45, 2.75) is 39.8 Å². The highest BCUT2D eigenvalue weighted by molar-refractivity contribution is 5.55. The minimum atomic E-state index is -0.717. The third kappa shape index (κ3) is 3.98. The largest absolute Gasteiger partial charge is 0.406 e. The number of nitrogens with zero attached hydrogens (tertiary/aromatic N) is 2. The van der Waals surface area contributed by atoms with Crippen LogP contribution in [0, 0.1) is 18.6 Å². The first-order chi connectivity index (χ1) is 9.76. The molecule has 0 aliphatic rings. The van der Waals surface area contributed by atoms with Crippen molar-refractivity contribution in [3.8, 4) is 0 Å². The van der Waals surface area contributed by atoms with E-state index in [1.807, 2.05) is 20.8 Å². The Hall–Kier alpha value is -2.02. The van der Waals surface area contributed by atoms with Crippen LogP contribution in [0.15, 0.2) is 16.5 Å². The number of anilines is 2. The van der Waals surface area contributed by atoms with Gasteiger partial charge in [0.1, 0.15) is 11.5 Å². The first-order valence-corrected chi connectivity index (χ1v) is 6.55. The number of benzene rings is 1. The highest BCUT2D eigenvalue weighted by atomic mass is 19.1. The lowest BCUT2D eigenvalue weighted by Gasteiger charge is -2.18. The maximum absolute atomic E-state index is 13.9. The van der Waals surface area contributed by atoms with Gasteiger partial charge in [-0.2, -0.15) is 0 Å². The van der Waals surface area contributed by atoms with Crippen LogP contribution in [0.1, 0.15) is 32.2 Å². The van der Waals surface area contributed by atoms with Crippen LogP contribution in [-0.2, 0) is 6.54 Å². The van der Waals surface area contributed by atoms with E-state index in [-0.39, 0.29) is 17.2 Å². The lowest BCUT2D eigenvalue weighted by molar-refractivity contribution is 0.384. The van der Waals surface area contributed by atoms with Crippen molar-refractivity contribution < 1.29 is 13.2 Å². The van der Waals surface area contributed by atoms with Crippen LogP contribution in [-0.4, -0.2) is 15.7 Å². The molecule has 2 N–H and O–H groups in total. The predicted molar refractivity (Wildman–Crippen MR) is 75.3 cm³/mol. The number of halogens is 2. The summed E-state index contributed by atoms with van der Waals surface area (Å²) in [6.45, 7) is 7.92. The molecule has 0 aliphatic heterocycles. The van der Waals surface area contributed by atoms with E-state index < -0.39 is 11.6 Å². The van der Waals surface area contributed by atoms with E-state index in [9.17, 15) is 8.78 Å². The molecule has 21 heavy (non-hydrogen) atoms. The van der Waals surface area contributed by atoms with Crippen LogP contribution in [0.3, 0.4) is 0 Å². The second kappa shape index (κ2) is 5.77. The fourth-order valence-electron chi connectivity index (χ4n) is 1.59. The standard InChI is InChI=1S/C14H18F2N4O/c1-8-5-6-9(15)12(11(8)16)18-13-20-19-10(21-13)7-17-14(2,3)4/h5-6,17H,7H2,1-4H3,(H,18,20). The van der Waals surface area contributed by atoms with Crippen LogP contribution < -0.4 is 10.6 Å². The molecule has 0 saturated carbocycles. The molecular weight excluding hydrogens is 278 g/mol. The van der Waals surface area contributed by atoms with Gasteiger partial charge in [-0.1, -0.05) is 11.2 Å². The monoisotopic (exact) mass is 296 g/mol. The average Bonchev–Trinajstić information content (AvgIpc) is 2.84. The fraction of sp³-hybridized carbons (Fsp3) is 0.429. The van der Waals surface area contributed by atoms with Gasteiger partial charge >= 0.3 is 6.01 Å². The summed E-state index contributed by atoms with van der Waals surface area (Å²) in [6.07, 6.45) is 0. The second-order valence-corrected chi connectivity index (χ2v) is 5.78. The quantitative estimate of drug-likeness (QED) is 0.906. The van der Waals surface area contributed by atoms with Crippen LogP contribution >= 0.6 is 0 Å². The van der Waals surface area contributed by atoms with E-state index in [1.165, 1.54) is 12.1 Å². The van der Waals surface area contributed by atoms with Crippen LogP contribution in [0.25, 0.3) is 0 Å². The normalized spacial score (nSPS) is 11.7. The SMILES string of the molecule is Cc1ccc(F)c(Nc2nnc(CNC(C)(C)C)o2)c1F. The van der Waals surface area contributed by atoms with E-state index in [0.29, 0.717) is 18.0 Å². The van der Waals surface area contributed by atoms with Gasteiger partial charge in [-0.3, -0.25) is 0 Å². The van der Waals surface area contributed by atoms with Crippen LogP contribution in [0.2, 0.25) is 0 Å². The molecule has 0 aliphatic carbocycles. The Morgan fingerprint density at radius 3 is 2.57 bits per heavy atom. The molecule has 1 aromatic carbocycles. The Bertz CT molecular complexity index is 634. The second-order valence-electron chi connectivity index (χ2n) is 5.78. The Balaban J connectivity index is 2.11. The van der Waals surface area contributed by atoms with E-state index in [1.54, 1.807) is 6.92 Å². The number of nitrogens with one attached hydrogen (secondary N) is 2. The Morgan fingerprint density at radius 2 is 1.90 bits per heavy atom. The number of rotatable bonds is 4. The molecular formula is C14H18F2N4O. The van der Waals surface area contributed by atoms with Crippen molar-refractivity contribution in [3.63, 3.8) is 0 Å². The van der Waals surface area contributed by atoms with E-state index in [0.717, 1.165) is 0 Å². The Morgan fingerprint density at radius 1 is 1.19 bits per heavy atom. The molecule has 1 aromatic heterocycles. The highest BCUT2D eigenvalue weighted by Gasteiger charge is 2.16. The van der Waals surface area contributed by atoms with Gasteiger partial charge < -0.3 is 15.1 Å². The molecule has 0 unspecified atom stereocenters. The molecule has 0 bridgehead atoms. The maximum Gasteiger partial charge on any atom is 0.320 e. The van der Waals surface area contributed by atoms with E-state index in [4.69, 9.17) is 4.42 Å². The summed E-state index contributed by atoms with van der Waals surface area (Å²) in [5.41, 5.74) is -0.0707. The summed E-state index contributed by atoms with van der Waals surface area (Å²) in [6, 6.07) is 2.49. The summed E-state index contributed by atoms with van der Waals surface area (Å²) in [4.78, 5) is 0. The van der Waals surface area contributed by atoms with Gasteiger partial charge in [0.15, 0.2) is 5.82 Å². The summed E-state index contributed by atoms with van der Waals surface area (Å²) in [7, 11) is 0. The first-order valence-electron chi connectivity index (χ1n) is 6.55. The smallest absolute Gasteiger partial charge is 0.320 e. The number of aryl methyl sites for hydroxylation is 1. The molecule has 1 heterocycles. The van der Waals surface area contributed by atoms with Crippen LogP contribution in [0.4, 0.5) is 20.5 Å². The van der Waals surface area contributed by atoms with Gasteiger partial charge in [0.25, 0.3) is 0 Å². The molecule has 0 amide bonds. The summed E-state index contributed by atoms with van der Waals surface area (Å²) >= 11 is 0. The van der Waals surface area contributed by atoms with Crippen molar-refractivity contribution in [2.24, 2.45) is 0 Å². The number of hydrogen-bond donors (Lipinski definition) is 2. The Labute approximate surface area is 121 Å². The molecule has 2 rings (SSSR count). The molecule has 0 fully saturated rings. The topological polar surface area (TPSA) is 63.0 Å². The molecule has 5 nitrogen and oxygen atoms in total. The van der Waals surface area contributed by atoms with Crippen molar-refractivity contribution in [2.75, 3.05) is 5.32 Å². The van der Waals surface area contributed by atoms with Gasteiger partial charge in [0.05, 0.1) is 6.54 Å². The van der Waals surface area contributed by atoms with Gasteiger partial charge in [-0.25, -0.2) is 8.78 Å². The van der Waals surface area contributed by atoms with Gasteiger partial charge in [0, 0.05) is 5.54 Å². The third-order valence-electron chi connectivity index (χ3n) is 2.75. The van der Waals surface area contributed by atoms with Gasteiger partial charge in [-0.15, -0.1) is 5.10 Å². The van der Waals surface area contributed by atoms with Crippen molar-refractivity contribution in [3.05, 3.63) is 35.2 Å². The van der Waals surface area contributed by atoms with Crippen molar-refractivity contribution in [1.29, 1.82) is 0 Å². The third-order valence-corrected chi connectivity index (χ3v) is 2.75. The highest BCUT2D eigenvalue weighted by Crippen LogP contribution is 2.24. The molecule has 114 valence electrons.